The molecule has 0 saturated carbocycles. The average Bonchev–Trinajstić information content (AvgIpc) is 3.37. The first-order valence-electron chi connectivity index (χ1n) is 9.60. The Balaban J connectivity index is 1.44. The third-order valence-electron chi connectivity index (χ3n) is 6.30. The predicted octanol–water partition coefficient (Wildman–Crippen LogP) is 3.27. The van der Waals surface area contributed by atoms with E-state index in [-0.39, 0.29) is 17.5 Å². The standard InChI is InChI=1S/C22H24N4O/c1-25-11-7-17-13-15(3-4-20(17)25)16-6-10-23-19(14-16)18-5-8-22(24-18)9-12-26(2)21(22)27/h3-4,6-7,10-11,13-14,18,24H,5,8-9,12H2,1-2H3/t18-,22+/m1/s1. The molecule has 2 aliphatic heterocycles. The summed E-state index contributed by atoms with van der Waals surface area (Å²) in [5.74, 6) is 0.232. The van der Waals surface area contributed by atoms with E-state index in [1.807, 2.05) is 18.1 Å². The lowest BCUT2D eigenvalue weighted by molar-refractivity contribution is -0.131. The van der Waals surface area contributed by atoms with Crippen LogP contribution in [-0.4, -0.2) is 39.5 Å². The second-order valence-electron chi connectivity index (χ2n) is 7.96. The van der Waals surface area contributed by atoms with E-state index in [1.165, 1.54) is 22.0 Å². The molecule has 2 aliphatic rings. The second kappa shape index (κ2) is 5.92. The number of nitrogens with zero attached hydrogens (tertiary/aromatic N) is 3. The Hall–Kier alpha value is -2.66. The van der Waals surface area contributed by atoms with E-state index in [2.05, 4.69) is 64.5 Å². The Labute approximate surface area is 159 Å². The summed E-state index contributed by atoms with van der Waals surface area (Å²) >= 11 is 0. The Morgan fingerprint density at radius 1 is 1.11 bits per heavy atom. The average molecular weight is 360 g/mol. The molecule has 2 atom stereocenters. The van der Waals surface area contributed by atoms with Gasteiger partial charge >= 0.3 is 0 Å². The molecular weight excluding hydrogens is 336 g/mol. The Bertz CT molecular complexity index is 1040. The molecule has 1 N–H and O–H groups in total. The number of amides is 1. The van der Waals surface area contributed by atoms with Gasteiger partial charge in [0.1, 0.15) is 5.54 Å². The summed E-state index contributed by atoms with van der Waals surface area (Å²) in [6.45, 7) is 0.836. The van der Waals surface area contributed by atoms with Crippen molar-refractivity contribution in [2.45, 2.75) is 30.8 Å². The fourth-order valence-corrected chi connectivity index (χ4v) is 4.67. The van der Waals surface area contributed by atoms with Crippen molar-refractivity contribution in [2.24, 2.45) is 7.05 Å². The molecule has 5 nitrogen and oxygen atoms in total. The summed E-state index contributed by atoms with van der Waals surface area (Å²) in [6.07, 6.45) is 6.71. The number of pyridine rings is 1. The number of hydrogen-bond donors (Lipinski definition) is 1. The number of rotatable bonds is 2. The van der Waals surface area contributed by atoms with Crippen molar-refractivity contribution >= 4 is 16.8 Å². The molecule has 0 aliphatic carbocycles. The van der Waals surface area contributed by atoms with E-state index in [9.17, 15) is 4.79 Å². The highest BCUT2D eigenvalue weighted by atomic mass is 16.2. The maximum absolute atomic E-state index is 12.6. The third kappa shape index (κ3) is 2.57. The fraction of sp³-hybridized carbons (Fsp3) is 0.364. The molecule has 27 heavy (non-hydrogen) atoms. The molecule has 1 aromatic carbocycles. The summed E-state index contributed by atoms with van der Waals surface area (Å²) in [4.78, 5) is 19.0. The van der Waals surface area contributed by atoms with Crippen LogP contribution >= 0.6 is 0 Å². The van der Waals surface area contributed by atoms with Gasteiger partial charge in [-0.05, 0) is 60.7 Å². The van der Waals surface area contributed by atoms with Crippen LogP contribution in [0.15, 0.2) is 48.8 Å². The molecule has 2 aromatic heterocycles. The van der Waals surface area contributed by atoms with Crippen molar-refractivity contribution in [2.75, 3.05) is 13.6 Å². The Kier molecular flexibility index (Phi) is 3.62. The van der Waals surface area contributed by atoms with Crippen molar-refractivity contribution in [1.82, 2.24) is 19.8 Å². The highest BCUT2D eigenvalue weighted by molar-refractivity contribution is 5.89. The zero-order chi connectivity index (χ0) is 18.6. The van der Waals surface area contributed by atoms with Gasteiger partial charge in [-0.3, -0.25) is 15.1 Å². The number of fused-ring (bicyclic) bond motifs is 1. The van der Waals surface area contributed by atoms with Gasteiger partial charge in [-0.25, -0.2) is 0 Å². The quantitative estimate of drug-likeness (QED) is 0.763. The lowest BCUT2D eigenvalue weighted by Crippen LogP contribution is -2.47. The van der Waals surface area contributed by atoms with Crippen LogP contribution in [-0.2, 0) is 11.8 Å². The second-order valence-corrected chi connectivity index (χ2v) is 7.96. The van der Waals surface area contributed by atoms with Gasteiger partial charge in [-0.1, -0.05) is 6.07 Å². The highest BCUT2D eigenvalue weighted by Crippen LogP contribution is 2.39. The van der Waals surface area contributed by atoms with E-state index in [1.54, 1.807) is 0 Å². The van der Waals surface area contributed by atoms with Crippen molar-refractivity contribution < 1.29 is 4.79 Å². The lowest BCUT2D eigenvalue weighted by atomic mass is 9.96. The Morgan fingerprint density at radius 2 is 1.96 bits per heavy atom. The summed E-state index contributed by atoms with van der Waals surface area (Å²) in [5.41, 5.74) is 4.25. The molecule has 0 bridgehead atoms. The van der Waals surface area contributed by atoms with Gasteiger partial charge in [-0.15, -0.1) is 0 Å². The van der Waals surface area contributed by atoms with Crippen LogP contribution in [0.1, 0.15) is 31.0 Å². The van der Waals surface area contributed by atoms with Gasteiger partial charge in [0.15, 0.2) is 0 Å². The number of nitrogens with one attached hydrogen (secondary N) is 1. The number of benzene rings is 1. The molecule has 2 fully saturated rings. The first-order valence-corrected chi connectivity index (χ1v) is 9.60. The first kappa shape index (κ1) is 16.5. The van der Waals surface area contributed by atoms with Crippen molar-refractivity contribution in [3.05, 3.63) is 54.5 Å². The van der Waals surface area contributed by atoms with E-state index in [0.717, 1.165) is 31.5 Å². The molecule has 1 amide bonds. The number of hydrogen-bond acceptors (Lipinski definition) is 3. The van der Waals surface area contributed by atoms with Crippen LogP contribution in [0.2, 0.25) is 0 Å². The van der Waals surface area contributed by atoms with Gasteiger partial charge < -0.3 is 9.47 Å². The van der Waals surface area contributed by atoms with Gasteiger partial charge in [0.2, 0.25) is 5.91 Å². The summed E-state index contributed by atoms with van der Waals surface area (Å²) in [5, 5.41) is 4.86. The van der Waals surface area contributed by atoms with E-state index >= 15 is 0 Å². The molecule has 0 radical (unpaired) electrons. The van der Waals surface area contributed by atoms with Gasteiger partial charge in [0.25, 0.3) is 0 Å². The number of aryl methyl sites for hydroxylation is 1. The molecule has 3 aromatic rings. The third-order valence-corrected chi connectivity index (χ3v) is 6.30. The molecule has 1 spiro atoms. The zero-order valence-electron chi connectivity index (χ0n) is 15.8. The van der Waals surface area contributed by atoms with E-state index in [4.69, 9.17) is 0 Å². The molecule has 5 rings (SSSR count). The Morgan fingerprint density at radius 3 is 2.78 bits per heavy atom. The molecule has 4 heterocycles. The number of aromatic nitrogens is 2. The van der Waals surface area contributed by atoms with Gasteiger partial charge in [0.05, 0.1) is 11.7 Å². The fourth-order valence-electron chi connectivity index (χ4n) is 4.67. The van der Waals surface area contributed by atoms with Gasteiger partial charge in [-0.2, -0.15) is 0 Å². The zero-order valence-corrected chi connectivity index (χ0v) is 15.8. The van der Waals surface area contributed by atoms with Crippen LogP contribution in [0.3, 0.4) is 0 Å². The van der Waals surface area contributed by atoms with Gasteiger partial charge in [0, 0.05) is 43.9 Å². The van der Waals surface area contributed by atoms with Crippen LogP contribution in [0.25, 0.3) is 22.0 Å². The molecule has 5 heteroatoms. The SMILES string of the molecule is CN1CC[C@@]2(CC[C@H](c3cc(-c4ccc5c(ccn5C)c4)ccn3)N2)C1=O. The summed E-state index contributed by atoms with van der Waals surface area (Å²) in [6, 6.07) is 13.1. The van der Waals surface area contributed by atoms with Crippen molar-refractivity contribution in [3.63, 3.8) is 0 Å². The predicted molar refractivity (Wildman–Crippen MR) is 106 cm³/mol. The number of likely N-dealkylation sites (N-methyl/N-ethyl adjacent to an activating group) is 1. The van der Waals surface area contributed by atoms with Crippen LogP contribution in [0.5, 0.6) is 0 Å². The molecular formula is C22H24N4O. The summed E-state index contributed by atoms with van der Waals surface area (Å²) < 4.78 is 2.13. The van der Waals surface area contributed by atoms with Crippen LogP contribution in [0, 0.1) is 0 Å². The van der Waals surface area contributed by atoms with Crippen molar-refractivity contribution in [3.8, 4) is 11.1 Å². The smallest absolute Gasteiger partial charge is 0.242 e. The van der Waals surface area contributed by atoms with Crippen LogP contribution in [0.4, 0.5) is 0 Å². The largest absolute Gasteiger partial charge is 0.351 e. The van der Waals surface area contributed by atoms with Crippen molar-refractivity contribution in [1.29, 1.82) is 0 Å². The monoisotopic (exact) mass is 360 g/mol. The molecule has 0 unspecified atom stereocenters. The minimum absolute atomic E-state index is 0.140. The number of carbonyl (C=O) groups excluding carboxylic acids is 1. The normalized spacial score (nSPS) is 25.2. The highest BCUT2D eigenvalue weighted by Gasteiger charge is 2.50. The maximum Gasteiger partial charge on any atom is 0.242 e. The number of carbonyl (C=O) groups is 1. The minimum Gasteiger partial charge on any atom is -0.351 e. The molecule has 2 saturated heterocycles. The van der Waals surface area contributed by atoms with E-state index < -0.39 is 0 Å². The topological polar surface area (TPSA) is 50.2 Å². The van der Waals surface area contributed by atoms with Crippen LogP contribution < -0.4 is 5.32 Å². The summed E-state index contributed by atoms with van der Waals surface area (Å²) in [7, 11) is 3.96. The van der Waals surface area contributed by atoms with E-state index in [0.29, 0.717) is 0 Å². The lowest BCUT2D eigenvalue weighted by Gasteiger charge is -2.23. The maximum atomic E-state index is 12.6. The minimum atomic E-state index is -0.375. The molecule has 138 valence electrons. The number of likely N-dealkylation sites (tertiary alicyclic amines) is 1. The first-order chi connectivity index (χ1) is 13.1.